The van der Waals surface area contributed by atoms with Crippen LogP contribution in [0.1, 0.15) is 30.9 Å². The van der Waals surface area contributed by atoms with E-state index in [0.717, 1.165) is 17.5 Å². The van der Waals surface area contributed by atoms with Gasteiger partial charge in [-0.1, -0.05) is 12.1 Å². The summed E-state index contributed by atoms with van der Waals surface area (Å²) in [7, 11) is -1.64. The van der Waals surface area contributed by atoms with Gasteiger partial charge in [0.15, 0.2) is 0 Å². The zero-order valence-corrected chi connectivity index (χ0v) is 13.7. The predicted octanol–water partition coefficient (Wildman–Crippen LogP) is 1.56. The van der Waals surface area contributed by atoms with E-state index in [1.165, 1.54) is 0 Å². The number of benzene rings is 1. The topological polar surface area (TPSA) is 67.4 Å². The summed E-state index contributed by atoms with van der Waals surface area (Å²) in [5, 5.41) is 3.06. The molecule has 0 bridgehead atoms. The highest BCUT2D eigenvalue weighted by molar-refractivity contribution is 7.89. The Balaban J connectivity index is 2.21. The van der Waals surface area contributed by atoms with E-state index < -0.39 is 10.0 Å². The van der Waals surface area contributed by atoms with E-state index in [2.05, 4.69) is 10.0 Å². The van der Waals surface area contributed by atoms with Crippen molar-refractivity contribution in [2.24, 2.45) is 0 Å². The number of nitrogens with one attached hydrogen (secondary N) is 2. The maximum atomic E-state index is 12.6. The fourth-order valence-electron chi connectivity index (χ4n) is 2.72. The lowest BCUT2D eigenvalue weighted by Crippen LogP contribution is -2.41. The van der Waals surface area contributed by atoms with Crippen molar-refractivity contribution >= 4 is 10.0 Å². The molecule has 0 spiro atoms. The standard InChI is InChI=1S/C15H24N2O3S/c1-11-9-14(7-8-20-11)17-21(18,19)15-6-4-5-13(10-16-3)12(15)2/h4-6,11,14,16-17H,7-10H2,1-3H3. The lowest BCUT2D eigenvalue weighted by molar-refractivity contribution is 0.0173. The van der Waals surface area contributed by atoms with Gasteiger partial charge in [-0.25, -0.2) is 13.1 Å². The van der Waals surface area contributed by atoms with E-state index in [1.807, 2.05) is 27.0 Å². The second-order valence-electron chi connectivity index (χ2n) is 5.59. The number of hydrogen-bond donors (Lipinski definition) is 2. The lowest BCUT2D eigenvalue weighted by atomic mass is 10.1. The summed E-state index contributed by atoms with van der Waals surface area (Å²) in [6.45, 7) is 5.09. The molecule has 5 nitrogen and oxygen atoms in total. The average molecular weight is 312 g/mol. The first-order valence-corrected chi connectivity index (χ1v) is 8.79. The molecule has 1 aromatic rings. The van der Waals surface area contributed by atoms with Crippen molar-refractivity contribution in [2.75, 3.05) is 13.7 Å². The Morgan fingerprint density at radius 1 is 1.38 bits per heavy atom. The Morgan fingerprint density at radius 3 is 2.81 bits per heavy atom. The minimum atomic E-state index is -3.49. The first-order valence-electron chi connectivity index (χ1n) is 7.31. The maximum absolute atomic E-state index is 12.6. The van der Waals surface area contributed by atoms with Crippen LogP contribution in [-0.2, 0) is 21.3 Å². The minimum absolute atomic E-state index is 0.0499. The molecule has 2 N–H and O–H groups in total. The predicted molar refractivity (Wildman–Crippen MR) is 82.7 cm³/mol. The molecule has 1 aliphatic heterocycles. The molecule has 6 heteroatoms. The van der Waals surface area contributed by atoms with Crippen LogP contribution in [-0.4, -0.2) is 34.2 Å². The SMILES string of the molecule is CNCc1cccc(S(=O)(=O)NC2CCOC(C)C2)c1C. The molecular formula is C15H24N2O3S. The third-order valence-corrected chi connectivity index (χ3v) is 5.52. The van der Waals surface area contributed by atoms with Gasteiger partial charge in [0.05, 0.1) is 11.0 Å². The van der Waals surface area contributed by atoms with Crippen LogP contribution in [0.25, 0.3) is 0 Å². The first kappa shape index (κ1) is 16.4. The maximum Gasteiger partial charge on any atom is 0.241 e. The fraction of sp³-hybridized carbons (Fsp3) is 0.600. The molecule has 0 aliphatic carbocycles. The van der Waals surface area contributed by atoms with Crippen LogP contribution in [0.4, 0.5) is 0 Å². The molecular weight excluding hydrogens is 288 g/mol. The fourth-order valence-corrected chi connectivity index (χ4v) is 4.29. The van der Waals surface area contributed by atoms with Gasteiger partial charge in [-0.15, -0.1) is 0 Å². The van der Waals surface area contributed by atoms with Gasteiger partial charge in [0.1, 0.15) is 0 Å². The molecule has 2 rings (SSSR count). The second kappa shape index (κ2) is 6.87. The van der Waals surface area contributed by atoms with Gasteiger partial charge in [0.2, 0.25) is 10.0 Å². The van der Waals surface area contributed by atoms with Crippen LogP contribution < -0.4 is 10.0 Å². The molecule has 0 amide bonds. The summed E-state index contributed by atoms with van der Waals surface area (Å²) in [5.41, 5.74) is 1.81. The van der Waals surface area contributed by atoms with Crippen LogP contribution >= 0.6 is 0 Å². The highest BCUT2D eigenvalue weighted by atomic mass is 32.2. The molecule has 1 fully saturated rings. The number of rotatable bonds is 5. The van der Waals surface area contributed by atoms with Gasteiger partial charge in [0.25, 0.3) is 0 Å². The van der Waals surface area contributed by atoms with Gasteiger partial charge in [-0.2, -0.15) is 0 Å². The molecule has 118 valence electrons. The van der Waals surface area contributed by atoms with E-state index in [4.69, 9.17) is 4.74 Å². The molecule has 1 heterocycles. The number of sulfonamides is 1. The smallest absolute Gasteiger partial charge is 0.241 e. The summed E-state index contributed by atoms with van der Waals surface area (Å²) in [6, 6.07) is 5.35. The van der Waals surface area contributed by atoms with Crippen molar-refractivity contribution < 1.29 is 13.2 Å². The first-order chi connectivity index (χ1) is 9.94. The molecule has 1 saturated heterocycles. The molecule has 2 atom stereocenters. The van der Waals surface area contributed by atoms with E-state index >= 15 is 0 Å². The van der Waals surface area contributed by atoms with Crippen LogP contribution in [0.2, 0.25) is 0 Å². The zero-order valence-electron chi connectivity index (χ0n) is 12.8. The number of ether oxygens (including phenoxy) is 1. The van der Waals surface area contributed by atoms with Crippen molar-refractivity contribution in [2.45, 2.75) is 50.3 Å². The highest BCUT2D eigenvalue weighted by Crippen LogP contribution is 2.21. The Labute approximate surface area is 127 Å². The van der Waals surface area contributed by atoms with Crippen LogP contribution in [0, 0.1) is 6.92 Å². The second-order valence-corrected chi connectivity index (χ2v) is 7.28. The molecule has 1 aromatic carbocycles. The van der Waals surface area contributed by atoms with Crippen molar-refractivity contribution in [3.63, 3.8) is 0 Å². The highest BCUT2D eigenvalue weighted by Gasteiger charge is 2.26. The van der Waals surface area contributed by atoms with E-state index in [-0.39, 0.29) is 12.1 Å². The van der Waals surface area contributed by atoms with E-state index in [9.17, 15) is 8.42 Å². The quantitative estimate of drug-likeness (QED) is 0.866. The van der Waals surface area contributed by atoms with Crippen LogP contribution in [0.5, 0.6) is 0 Å². The van der Waals surface area contributed by atoms with Gasteiger partial charge >= 0.3 is 0 Å². The summed E-state index contributed by atoms with van der Waals surface area (Å²) < 4.78 is 33.5. The van der Waals surface area contributed by atoms with E-state index in [0.29, 0.717) is 24.5 Å². The zero-order chi connectivity index (χ0) is 15.5. The van der Waals surface area contributed by atoms with Crippen LogP contribution in [0.15, 0.2) is 23.1 Å². The third-order valence-electron chi connectivity index (χ3n) is 3.86. The summed E-state index contributed by atoms with van der Waals surface area (Å²) in [5.74, 6) is 0. The van der Waals surface area contributed by atoms with Crippen LogP contribution in [0.3, 0.4) is 0 Å². The van der Waals surface area contributed by atoms with Crippen molar-refractivity contribution in [3.8, 4) is 0 Å². The monoisotopic (exact) mass is 312 g/mol. The lowest BCUT2D eigenvalue weighted by Gasteiger charge is -2.28. The van der Waals surface area contributed by atoms with Crippen molar-refractivity contribution in [1.29, 1.82) is 0 Å². The molecule has 2 unspecified atom stereocenters. The van der Waals surface area contributed by atoms with E-state index in [1.54, 1.807) is 12.1 Å². The van der Waals surface area contributed by atoms with Gasteiger partial charge in [-0.3, -0.25) is 0 Å². The largest absolute Gasteiger partial charge is 0.378 e. The summed E-state index contributed by atoms with van der Waals surface area (Å²) in [4.78, 5) is 0.370. The Morgan fingerprint density at radius 2 is 2.14 bits per heavy atom. The summed E-state index contributed by atoms with van der Waals surface area (Å²) in [6.07, 6.45) is 1.54. The van der Waals surface area contributed by atoms with Gasteiger partial charge in [-0.05, 0) is 50.9 Å². The van der Waals surface area contributed by atoms with Crippen molar-refractivity contribution in [3.05, 3.63) is 29.3 Å². The van der Waals surface area contributed by atoms with Crippen molar-refractivity contribution in [1.82, 2.24) is 10.0 Å². The molecule has 0 aromatic heterocycles. The Kier molecular flexibility index (Phi) is 5.37. The number of hydrogen-bond acceptors (Lipinski definition) is 4. The van der Waals surface area contributed by atoms with Gasteiger partial charge in [0, 0.05) is 19.2 Å². The average Bonchev–Trinajstić information content (AvgIpc) is 2.40. The molecule has 0 saturated carbocycles. The minimum Gasteiger partial charge on any atom is -0.378 e. The summed E-state index contributed by atoms with van der Waals surface area (Å²) >= 11 is 0. The molecule has 21 heavy (non-hydrogen) atoms. The molecule has 0 radical (unpaired) electrons. The normalized spacial score (nSPS) is 23.2. The Hall–Kier alpha value is -0.950. The van der Waals surface area contributed by atoms with Gasteiger partial charge < -0.3 is 10.1 Å². The Bertz CT molecular complexity index is 587. The molecule has 1 aliphatic rings. The third kappa shape index (κ3) is 4.03.